The maximum atomic E-state index is 6.48. The van der Waals surface area contributed by atoms with Crippen LogP contribution < -0.4 is 5.32 Å². The third kappa shape index (κ3) is 2.33. The molecule has 1 aromatic carbocycles. The molecule has 3 rings (SSSR count). The Balaban J connectivity index is 1.83. The Morgan fingerprint density at radius 3 is 2.45 bits per heavy atom. The molecule has 2 aliphatic rings. The Labute approximate surface area is 122 Å². The minimum absolute atomic E-state index is 0.0965. The van der Waals surface area contributed by atoms with Crippen molar-refractivity contribution in [3.05, 3.63) is 29.8 Å². The summed E-state index contributed by atoms with van der Waals surface area (Å²) in [5.41, 5.74) is 2.69. The third-order valence-corrected chi connectivity index (χ3v) is 4.69. The normalized spacial score (nSPS) is 27.9. The molecule has 3 nitrogen and oxygen atoms in total. The Kier molecular flexibility index (Phi) is 3.30. The molecule has 1 aromatic rings. The largest absolute Gasteiger partial charge is 0.382 e. The van der Waals surface area contributed by atoms with Crippen LogP contribution in [0.15, 0.2) is 24.3 Å². The van der Waals surface area contributed by atoms with Crippen LogP contribution in [0, 0.1) is 0 Å². The van der Waals surface area contributed by atoms with Crippen molar-refractivity contribution in [3.63, 3.8) is 0 Å². The number of fused-ring (bicyclic) bond motifs is 1. The molecule has 0 bridgehead atoms. The SMILES string of the molecule is CC1(C)CCCC(C)(C)N1OC1CNc2ccccc21. The van der Waals surface area contributed by atoms with Crippen LogP contribution in [0.3, 0.4) is 0 Å². The molecule has 1 unspecified atom stereocenters. The fraction of sp³-hybridized carbons (Fsp3) is 0.647. The second-order valence-electron chi connectivity index (χ2n) is 7.34. The van der Waals surface area contributed by atoms with Gasteiger partial charge in [-0.3, -0.25) is 4.84 Å². The predicted octanol–water partition coefficient (Wildman–Crippen LogP) is 4.13. The van der Waals surface area contributed by atoms with E-state index in [1.165, 1.54) is 30.5 Å². The molecule has 0 saturated carbocycles. The van der Waals surface area contributed by atoms with Crippen molar-refractivity contribution in [3.8, 4) is 0 Å². The van der Waals surface area contributed by atoms with Gasteiger partial charge in [0, 0.05) is 28.9 Å². The maximum absolute atomic E-state index is 6.48. The molecule has 0 amide bonds. The van der Waals surface area contributed by atoms with Gasteiger partial charge in [-0.15, -0.1) is 0 Å². The van der Waals surface area contributed by atoms with Gasteiger partial charge in [-0.1, -0.05) is 18.2 Å². The molecule has 0 radical (unpaired) electrons. The fourth-order valence-electron chi connectivity index (χ4n) is 3.73. The van der Waals surface area contributed by atoms with E-state index < -0.39 is 0 Å². The summed E-state index contributed by atoms with van der Waals surface area (Å²) < 4.78 is 0. The lowest BCUT2D eigenvalue weighted by Crippen LogP contribution is -2.58. The highest BCUT2D eigenvalue weighted by atomic mass is 16.7. The van der Waals surface area contributed by atoms with E-state index in [0.717, 1.165) is 6.54 Å². The molecule has 20 heavy (non-hydrogen) atoms. The molecule has 2 heterocycles. The average Bonchev–Trinajstić information content (AvgIpc) is 2.77. The maximum Gasteiger partial charge on any atom is 0.123 e. The second-order valence-corrected chi connectivity index (χ2v) is 7.34. The van der Waals surface area contributed by atoms with Crippen LogP contribution in [0.25, 0.3) is 0 Å². The summed E-state index contributed by atoms with van der Waals surface area (Å²) in [6, 6.07) is 8.47. The van der Waals surface area contributed by atoms with E-state index in [1.807, 2.05) is 0 Å². The minimum atomic E-state index is 0.0965. The standard InChI is InChI=1S/C17H26N2O/c1-16(2)10-7-11-17(3,4)19(16)20-15-12-18-14-9-6-5-8-13(14)15/h5-6,8-9,15,18H,7,10-12H2,1-4H3. The monoisotopic (exact) mass is 274 g/mol. The molecule has 0 aliphatic carbocycles. The smallest absolute Gasteiger partial charge is 0.123 e. The first-order valence-corrected chi connectivity index (χ1v) is 7.70. The van der Waals surface area contributed by atoms with Crippen LogP contribution in [0.2, 0.25) is 0 Å². The molecule has 110 valence electrons. The number of hydrogen-bond donors (Lipinski definition) is 1. The van der Waals surface area contributed by atoms with Crippen molar-refractivity contribution in [1.29, 1.82) is 0 Å². The minimum Gasteiger partial charge on any atom is -0.382 e. The van der Waals surface area contributed by atoms with E-state index in [9.17, 15) is 0 Å². The summed E-state index contributed by atoms with van der Waals surface area (Å²) >= 11 is 0. The highest BCUT2D eigenvalue weighted by Gasteiger charge is 2.44. The van der Waals surface area contributed by atoms with Gasteiger partial charge in [0.2, 0.25) is 0 Å². The summed E-state index contributed by atoms with van der Waals surface area (Å²) in [5, 5.41) is 5.70. The number of hydroxylamine groups is 2. The van der Waals surface area contributed by atoms with Gasteiger partial charge >= 0.3 is 0 Å². The van der Waals surface area contributed by atoms with Gasteiger partial charge < -0.3 is 5.32 Å². The average molecular weight is 274 g/mol. The zero-order valence-corrected chi connectivity index (χ0v) is 13.1. The van der Waals surface area contributed by atoms with Gasteiger partial charge in [-0.25, -0.2) is 0 Å². The first-order valence-electron chi connectivity index (χ1n) is 7.70. The molecular formula is C17H26N2O. The highest BCUT2D eigenvalue weighted by molar-refractivity contribution is 5.56. The van der Waals surface area contributed by atoms with Gasteiger partial charge in [0.15, 0.2) is 0 Å². The Bertz CT molecular complexity index is 480. The number of rotatable bonds is 2. The van der Waals surface area contributed by atoms with Crippen LogP contribution in [-0.2, 0) is 4.84 Å². The Hall–Kier alpha value is -1.06. The number of nitrogens with zero attached hydrogens (tertiary/aromatic N) is 1. The lowest BCUT2D eigenvalue weighted by molar-refractivity contribution is -0.303. The van der Waals surface area contributed by atoms with Crippen LogP contribution in [0.5, 0.6) is 0 Å². The second kappa shape index (κ2) is 4.74. The van der Waals surface area contributed by atoms with Gasteiger partial charge in [0.25, 0.3) is 0 Å². The van der Waals surface area contributed by atoms with Crippen molar-refractivity contribution >= 4 is 5.69 Å². The Morgan fingerprint density at radius 1 is 1.10 bits per heavy atom. The molecular weight excluding hydrogens is 248 g/mol. The molecule has 3 heteroatoms. The topological polar surface area (TPSA) is 24.5 Å². The first-order chi connectivity index (χ1) is 9.40. The van der Waals surface area contributed by atoms with E-state index in [0.29, 0.717) is 0 Å². The molecule has 0 spiro atoms. The molecule has 2 aliphatic heterocycles. The number of anilines is 1. The Morgan fingerprint density at radius 2 is 1.75 bits per heavy atom. The predicted molar refractivity (Wildman–Crippen MR) is 82.6 cm³/mol. The van der Waals surface area contributed by atoms with Crippen molar-refractivity contribution in [2.75, 3.05) is 11.9 Å². The lowest BCUT2D eigenvalue weighted by atomic mass is 9.82. The number of nitrogens with one attached hydrogen (secondary N) is 1. The molecule has 1 N–H and O–H groups in total. The van der Waals surface area contributed by atoms with E-state index in [1.54, 1.807) is 0 Å². The van der Waals surface area contributed by atoms with Crippen molar-refractivity contribution in [2.24, 2.45) is 0 Å². The number of hydrogen-bond acceptors (Lipinski definition) is 3. The highest BCUT2D eigenvalue weighted by Crippen LogP contribution is 2.42. The quantitative estimate of drug-likeness (QED) is 0.877. The molecule has 1 atom stereocenters. The van der Waals surface area contributed by atoms with Crippen LogP contribution in [0.1, 0.15) is 58.6 Å². The van der Waals surface area contributed by atoms with Crippen molar-refractivity contribution in [2.45, 2.75) is 64.1 Å². The third-order valence-electron chi connectivity index (χ3n) is 4.69. The zero-order chi connectivity index (χ0) is 14.4. The van der Waals surface area contributed by atoms with Gasteiger partial charge in [0.05, 0.1) is 0 Å². The molecule has 0 aromatic heterocycles. The van der Waals surface area contributed by atoms with Gasteiger partial charge in [-0.2, -0.15) is 5.06 Å². The van der Waals surface area contributed by atoms with Gasteiger partial charge in [0.1, 0.15) is 6.10 Å². The lowest BCUT2D eigenvalue weighted by Gasteiger charge is -2.52. The first kappa shape index (κ1) is 13.9. The van der Waals surface area contributed by atoms with E-state index in [2.05, 4.69) is 62.3 Å². The summed E-state index contributed by atoms with van der Waals surface area (Å²) in [6.45, 7) is 10.0. The van der Waals surface area contributed by atoms with E-state index in [-0.39, 0.29) is 17.2 Å². The van der Waals surface area contributed by atoms with E-state index >= 15 is 0 Å². The molecule has 1 fully saturated rings. The van der Waals surface area contributed by atoms with E-state index in [4.69, 9.17) is 4.84 Å². The molecule has 1 saturated heterocycles. The summed E-state index contributed by atoms with van der Waals surface area (Å²) in [5.74, 6) is 0. The van der Waals surface area contributed by atoms with Crippen molar-refractivity contribution < 1.29 is 4.84 Å². The van der Waals surface area contributed by atoms with Crippen molar-refractivity contribution in [1.82, 2.24) is 5.06 Å². The zero-order valence-electron chi connectivity index (χ0n) is 13.1. The number of para-hydroxylation sites is 1. The van der Waals surface area contributed by atoms with Crippen LogP contribution >= 0.6 is 0 Å². The number of piperidine rings is 1. The fourth-order valence-corrected chi connectivity index (χ4v) is 3.73. The summed E-state index contributed by atoms with van der Waals surface area (Å²) in [6.07, 6.45) is 3.79. The summed E-state index contributed by atoms with van der Waals surface area (Å²) in [4.78, 5) is 6.48. The van der Waals surface area contributed by atoms with Crippen LogP contribution in [0.4, 0.5) is 5.69 Å². The summed E-state index contributed by atoms with van der Waals surface area (Å²) in [7, 11) is 0. The van der Waals surface area contributed by atoms with Crippen LogP contribution in [-0.4, -0.2) is 22.7 Å². The number of benzene rings is 1. The van der Waals surface area contributed by atoms with Gasteiger partial charge in [-0.05, 0) is 53.0 Å².